The van der Waals surface area contributed by atoms with Crippen LogP contribution in [0.2, 0.25) is 0 Å². The first kappa shape index (κ1) is 13.1. The highest BCUT2D eigenvalue weighted by Crippen LogP contribution is 2.14. The summed E-state index contributed by atoms with van der Waals surface area (Å²) in [5, 5.41) is 9.04. The minimum atomic E-state index is -0.305. The number of amides is 2. The van der Waals surface area contributed by atoms with E-state index in [1.165, 1.54) is 11.8 Å². The van der Waals surface area contributed by atoms with Gasteiger partial charge in [0.1, 0.15) is 6.26 Å². The van der Waals surface area contributed by atoms with Gasteiger partial charge in [-0.1, -0.05) is 36.3 Å². The maximum Gasteiger partial charge on any atom is 0.320 e. The number of rotatable bonds is 4. The van der Waals surface area contributed by atoms with Crippen LogP contribution in [0.15, 0.2) is 41.1 Å². The molecule has 5 heteroatoms. The van der Waals surface area contributed by atoms with Crippen molar-refractivity contribution in [2.45, 2.75) is 26.3 Å². The summed E-state index contributed by atoms with van der Waals surface area (Å²) in [7, 11) is 0. The molecule has 0 saturated carbocycles. The van der Waals surface area contributed by atoms with Gasteiger partial charge in [-0.15, -0.1) is 0 Å². The van der Waals surface area contributed by atoms with Gasteiger partial charge in [-0.3, -0.25) is 5.32 Å². The van der Waals surface area contributed by atoms with Gasteiger partial charge in [0, 0.05) is 6.07 Å². The van der Waals surface area contributed by atoms with Gasteiger partial charge < -0.3 is 9.84 Å². The summed E-state index contributed by atoms with van der Waals surface area (Å²) in [5.74, 6) is 0.394. The largest absolute Gasteiger partial charge is 0.363 e. The topological polar surface area (TPSA) is 67.2 Å². The molecule has 100 valence electrons. The second-order valence-electron chi connectivity index (χ2n) is 4.30. The highest BCUT2D eigenvalue weighted by atomic mass is 16.5. The average molecular weight is 259 g/mol. The van der Waals surface area contributed by atoms with Crippen LogP contribution in [0.3, 0.4) is 0 Å². The van der Waals surface area contributed by atoms with Crippen LogP contribution in [-0.2, 0) is 6.42 Å². The Labute approximate surface area is 112 Å². The average Bonchev–Trinajstić information content (AvgIpc) is 2.91. The van der Waals surface area contributed by atoms with Crippen molar-refractivity contribution in [2.24, 2.45) is 0 Å². The fraction of sp³-hybridized carbons (Fsp3) is 0.286. The van der Waals surface area contributed by atoms with Gasteiger partial charge in [0.25, 0.3) is 0 Å². The lowest BCUT2D eigenvalue weighted by Gasteiger charge is -2.14. The zero-order chi connectivity index (χ0) is 13.7. The Morgan fingerprint density at radius 1 is 1.32 bits per heavy atom. The lowest BCUT2D eigenvalue weighted by Crippen LogP contribution is -2.31. The number of nitrogens with zero attached hydrogens (tertiary/aromatic N) is 1. The second kappa shape index (κ2) is 6.04. The Morgan fingerprint density at radius 3 is 2.63 bits per heavy atom. The Hall–Kier alpha value is -2.30. The predicted octanol–water partition coefficient (Wildman–Crippen LogP) is 3.12. The molecule has 1 unspecified atom stereocenters. The third-order valence-electron chi connectivity index (χ3n) is 2.91. The number of nitrogens with one attached hydrogen (secondary N) is 2. The van der Waals surface area contributed by atoms with Crippen molar-refractivity contribution < 1.29 is 9.32 Å². The van der Waals surface area contributed by atoms with Crippen LogP contribution < -0.4 is 10.6 Å². The van der Waals surface area contributed by atoms with E-state index in [9.17, 15) is 4.79 Å². The molecule has 5 nitrogen and oxygen atoms in total. The number of anilines is 1. The third-order valence-corrected chi connectivity index (χ3v) is 2.91. The summed E-state index contributed by atoms with van der Waals surface area (Å²) < 4.78 is 4.64. The normalized spacial score (nSPS) is 11.9. The number of carbonyl (C=O) groups is 1. The summed E-state index contributed by atoms with van der Waals surface area (Å²) in [5.41, 5.74) is 2.34. The molecule has 0 spiro atoms. The van der Waals surface area contributed by atoms with E-state index in [0.717, 1.165) is 12.0 Å². The van der Waals surface area contributed by atoms with Gasteiger partial charge in [-0.25, -0.2) is 4.79 Å². The van der Waals surface area contributed by atoms with Crippen LogP contribution in [0.1, 0.15) is 31.0 Å². The molecule has 2 aromatic rings. The molecule has 1 aromatic heterocycles. The van der Waals surface area contributed by atoms with Gasteiger partial charge in [-0.2, -0.15) is 0 Å². The molecule has 2 rings (SSSR count). The van der Waals surface area contributed by atoms with Crippen LogP contribution in [0.25, 0.3) is 0 Å². The van der Waals surface area contributed by atoms with Gasteiger partial charge >= 0.3 is 6.03 Å². The summed E-state index contributed by atoms with van der Waals surface area (Å²) in [6, 6.07) is 9.41. The molecule has 19 heavy (non-hydrogen) atoms. The minimum Gasteiger partial charge on any atom is -0.363 e. The summed E-state index contributed by atoms with van der Waals surface area (Å²) in [6.07, 6.45) is 2.41. The molecule has 1 atom stereocenters. The van der Waals surface area contributed by atoms with E-state index in [0.29, 0.717) is 5.82 Å². The van der Waals surface area contributed by atoms with E-state index in [1.807, 2.05) is 19.1 Å². The molecule has 1 aromatic carbocycles. The number of urea groups is 1. The quantitative estimate of drug-likeness (QED) is 0.886. The van der Waals surface area contributed by atoms with Crippen LogP contribution in [-0.4, -0.2) is 11.2 Å². The molecule has 0 aliphatic heterocycles. The highest BCUT2D eigenvalue weighted by molar-refractivity contribution is 5.88. The molecule has 0 bridgehead atoms. The molecule has 0 saturated heterocycles. The summed E-state index contributed by atoms with van der Waals surface area (Å²) >= 11 is 0. The van der Waals surface area contributed by atoms with Gasteiger partial charge in [0.2, 0.25) is 0 Å². The summed E-state index contributed by atoms with van der Waals surface area (Å²) in [6.45, 7) is 4.05. The Morgan fingerprint density at radius 2 is 2.05 bits per heavy atom. The van der Waals surface area contributed by atoms with E-state index >= 15 is 0 Å². The van der Waals surface area contributed by atoms with Crippen molar-refractivity contribution in [1.29, 1.82) is 0 Å². The first-order valence-corrected chi connectivity index (χ1v) is 6.25. The van der Waals surface area contributed by atoms with Crippen LogP contribution in [0, 0.1) is 0 Å². The number of aryl methyl sites for hydroxylation is 1. The molecule has 0 aliphatic carbocycles. The maximum atomic E-state index is 11.7. The first-order chi connectivity index (χ1) is 9.19. The maximum absolute atomic E-state index is 11.7. The fourth-order valence-electron chi connectivity index (χ4n) is 1.75. The molecule has 1 heterocycles. The van der Waals surface area contributed by atoms with E-state index < -0.39 is 0 Å². The number of hydrogen-bond acceptors (Lipinski definition) is 3. The molecular weight excluding hydrogens is 242 g/mol. The molecule has 2 amide bonds. The van der Waals surface area contributed by atoms with E-state index in [2.05, 4.69) is 39.4 Å². The summed E-state index contributed by atoms with van der Waals surface area (Å²) in [4.78, 5) is 11.7. The predicted molar refractivity (Wildman–Crippen MR) is 72.9 cm³/mol. The number of hydrogen-bond donors (Lipinski definition) is 2. The Kier molecular flexibility index (Phi) is 4.18. The van der Waals surface area contributed by atoms with Crippen molar-refractivity contribution >= 4 is 11.8 Å². The number of benzene rings is 1. The first-order valence-electron chi connectivity index (χ1n) is 6.25. The fourth-order valence-corrected chi connectivity index (χ4v) is 1.75. The number of aromatic nitrogens is 1. The van der Waals surface area contributed by atoms with E-state index in [1.54, 1.807) is 6.07 Å². The van der Waals surface area contributed by atoms with Gasteiger partial charge in [0.05, 0.1) is 6.04 Å². The standard InChI is InChI=1S/C14H17N3O2/c1-3-11-4-6-12(7-5-11)10(2)15-14(18)16-13-8-9-19-17-13/h4-10H,3H2,1-2H3,(H2,15,16,17,18). The van der Waals surface area contributed by atoms with Gasteiger partial charge in [0.15, 0.2) is 5.82 Å². The Bertz CT molecular complexity index is 520. The Balaban J connectivity index is 1.92. The highest BCUT2D eigenvalue weighted by Gasteiger charge is 2.10. The monoisotopic (exact) mass is 259 g/mol. The zero-order valence-corrected chi connectivity index (χ0v) is 11.0. The van der Waals surface area contributed by atoms with Crippen molar-refractivity contribution in [2.75, 3.05) is 5.32 Å². The SMILES string of the molecule is CCc1ccc(C(C)NC(=O)Nc2ccon2)cc1. The van der Waals surface area contributed by atoms with Crippen LogP contribution >= 0.6 is 0 Å². The molecule has 0 aliphatic rings. The number of carbonyl (C=O) groups excluding carboxylic acids is 1. The van der Waals surface area contributed by atoms with Crippen molar-refractivity contribution in [3.05, 3.63) is 47.7 Å². The zero-order valence-electron chi connectivity index (χ0n) is 11.0. The lowest BCUT2D eigenvalue weighted by molar-refractivity contribution is 0.249. The lowest BCUT2D eigenvalue weighted by atomic mass is 10.1. The van der Waals surface area contributed by atoms with Crippen molar-refractivity contribution in [3.8, 4) is 0 Å². The smallest absolute Gasteiger partial charge is 0.320 e. The van der Waals surface area contributed by atoms with Crippen molar-refractivity contribution in [3.63, 3.8) is 0 Å². The van der Waals surface area contributed by atoms with Crippen molar-refractivity contribution in [1.82, 2.24) is 10.5 Å². The molecule has 0 fully saturated rings. The minimum absolute atomic E-state index is 0.0715. The molecule has 0 radical (unpaired) electrons. The van der Waals surface area contributed by atoms with Crippen LogP contribution in [0.5, 0.6) is 0 Å². The van der Waals surface area contributed by atoms with E-state index in [4.69, 9.17) is 0 Å². The molecular formula is C14H17N3O2. The third kappa shape index (κ3) is 3.58. The van der Waals surface area contributed by atoms with Crippen LogP contribution in [0.4, 0.5) is 10.6 Å². The van der Waals surface area contributed by atoms with E-state index in [-0.39, 0.29) is 12.1 Å². The molecule has 2 N–H and O–H groups in total. The van der Waals surface area contributed by atoms with Gasteiger partial charge in [-0.05, 0) is 24.5 Å². The second-order valence-corrected chi connectivity index (χ2v) is 4.30.